The van der Waals surface area contributed by atoms with Gasteiger partial charge < -0.3 is 31.7 Å². The summed E-state index contributed by atoms with van der Waals surface area (Å²) >= 11 is 0. The number of nitrogens with one attached hydrogen (secondary N) is 3. The predicted octanol–water partition coefficient (Wildman–Crippen LogP) is 5.05. The lowest BCUT2D eigenvalue weighted by Crippen LogP contribution is -2.62. The number of carboxylic acid groups (broad SMARTS) is 1. The number of nitrogens with zero attached hydrogens (tertiary/aromatic N) is 1. The second kappa shape index (κ2) is 19.8. The maximum absolute atomic E-state index is 14.5. The maximum Gasteiger partial charge on any atom is 0.326 e. The van der Waals surface area contributed by atoms with Crippen LogP contribution in [0.3, 0.4) is 0 Å². The summed E-state index contributed by atoms with van der Waals surface area (Å²) < 4.78 is 0. The van der Waals surface area contributed by atoms with E-state index >= 15 is 0 Å². The minimum Gasteiger partial charge on any atom is -0.480 e. The van der Waals surface area contributed by atoms with E-state index in [4.69, 9.17) is 5.73 Å². The van der Waals surface area contributed by atoms with E-state index in [2.05, 4.69) is 16.0 Å². The molecule has 0 radical (unpaired) electrons. The molecule has 4 saturated carbocycles. The Morgan fingerprint density at radius 1 is 0.580 bits per heavy atom. The first kappa shape index (κ1) is 40.1. The predicted molar refractivity (Wildman–Crippen MR) is 194 cm³/mol. The van der Waals surface area contributed by atoms with Crippen LogP contribution in [0.15, 0.2) is 0 Å². The third-order valence-corrected chi connectivity index (χ3v) is 12.3. The molecule has 4 rings (SSSR count). The van der Waals surface area contributed by atoms with Crippen molar-refractivity contribution in [3.05, 3.63) is 0 Å². The van der Waals surface area contributed by atoms with Gasteiger partial charge in [0.25, 0.3) is 0 Å². The number of nitrogens with two attached hydrogens (primary N) is 1. The normalized spacial score (nSPS) is 23.2. The lowest BCUT2D eigenvalue weighted by Gasteiger charge is -2.38. The minimum atomic E-state index is -1.06. The van der Waals surface area contributed by atoms with Gasteiger partial charge in [-0.15, -0.1) is 0 Å². The Labute approximate surface area is 300 Å². The van der Waals surface area contributed by atoms with Gasteiger partial charge in [-0.1, -0.05) is 90.9 Å². The third-order valence-electron chi connectivity index (χ3n) is 12.3. The molecule has 0 bridgehead atoms. The molecule has 0 aromatic rings. The molecule has 4 amide bonds. The van der Waals surface area contributed by atoms with Crippen molar-refractivity contribution < 1.29 is 29.1 Å². The molecule has 50 heavy (non-hydrogen) atoms. The maximum atomic E-state index is 14.5. The molecule has 0 aromatic heterocycles. The summed E-state index contributed by atoms with van der Waals surface area (Å²) in [6.07, 6.45) is 19.1. The number of rotatable bonds is 15. The summed E-state index contributed by atoms with van der Waals surface area (Å²) in [5, 5.41) is 19.3. The van der Waals surface area contributed by atoms with Gasteiger partial charge in [0.2, 0.25) is 23.6 Å². The lowest BCUT2D eigenvalue weighted by molar-refractivity contribution is -0.152. The molecule has 284 valence electrons. The summed E-state index contributed by atoms with van der Waals surface area (Å²) in [6.45, 7) is 3.86. The fraction of sp³-hybridized carbons (Fsp3) is 0.872. The Morgan fingerprint density at radius 3 is 1.30 bits per heavy atom. The Kier molecular flexibility index (Phi) is 15.9. The van der Waals surface area contributed by atoms with E-state index in [-0.39, 0.29) is 41.4 Å². The molecule has 4 fully saturated rings. The highest BCUT2D eigenvalue weighted by Crippen LogP contribution is 2.32. The first-order valence-electron chi connectivity index (χ1n) is 20.1. The molecular weight excluding hydrogens is 634 g/mol. The number of carbonyl (C=O) groups is 5. The van der Waals surface area contributed by atoms with Crippen LogP contribution in [-0.4, -0.2) is 76.9 Å². The van der Waals surface area contributed by atoms with Gasteiger partial charge in [-0.05, 0) is 87.4 Å². The lowest BCUT2D eigenvalue weighted by atomic mass is 9.80. The van der Waals surface area contributed by atoms with Gasteiger partial charge in [-0.2, -0.15) is 0 Å². The second-order valence-corrected chi connectivity index (χ2v) is 16.5. The van der Waals surface area contributed by atoms with Crippen molar-refractivity contribution in [3.63, 3.8) is 0 Å². The molecule has 0 unspecified atom stereocenters. The zero-order chi connectivity index (χ0) is 36.2. The van der Waals surface area contributed by atoms with E-state index in [1.165, 1.54) is 11.9 Å². The summed E-state index contributed by atoms with van der Waals surface area (Å²) in [6, 6.07) is -4.21. The zero-order valence-electron chi connectivity index (χ0n) is 31.1. The highest BCUT2D eigenvalue weighted by molar-refractivity contribution is 5.96. The van der Waals surface area contributed by atoms with Crippen molar-refractivity contribution in [2.24, 2.45) is 35.3 Å². The topological polar surface area (TPSA) is 171 Å². The number of amides is 4. The quantitative estimate of drug-likeness (QED) is 0.159. The third kappa shape index (κ3) is 11.2. The van der Waals surface area contributed by atoms with Crippen LogP contribution in [0.1, 0.15) is 149 Å². The number of aliphatic carboxylic acids is 1. The van der Waals surface area contributed by atoms with E-state index in [9.17, 15) is 29.1 Å². The van der Waals surface area contributed by atoms with E-state index < -0.39 is 48.0 Å². The molecule has 0 saturated heterocycles. The molecule has 0 heterocycles. The highest BCUT2D eigenvalue weighted by Gasteiger charge is 2.42. The van der Waals surface area contributed by atoms with Crippen LogP contribution >= 0.6 is 0 Å². The van der Waals surface area contributed by atoms with Crippen LogP contribution in [0.25, 0.3) is 0 Å². The van der Waals surface area contributed by atoms with E-state index in [1.807, 2.05) is 13.8 Å². The van der Waals surface area contributed by atoms with Crippen LogP contribution in [0.2, 0.25) is 0 Å². The van der Waals surface area contributed by atoms with E-state index in [0.717, 1.165) is 128 Å². The average Bonchev–Trinajstić information content (AvgIpc) is 3.14. The van der Waals surface area contributed by atoms with Crippen molar-refractivity contribution in [2.75, 3.05) is 7.05 Å². The van der Waals surface area contributed by atoms with Crippen molar-refractivity contribution in [3.8, 4) is 0 Å². The number of carbonyl (C=O) groups excluding carboxylic acids is 4. The number of hydrogen-bond donors (Lipinski definition) is 5. The molecule has 0 spiro atoms. The summed E-state index contributed by atoms with van der Waals surface area (Å²) in [4.78, 5) is 70.1. The van der Waals surface area contributed by atoms with Crippen LogP contribution in [0, 0.1) is 29.6 Å². The molecule has 0 aromatic carbocycles. The van der Waals surface area contributed by atoms with Crippen LogP contribution in [0.4, 0.5) is 0 Å². The smallest absolute Gasteiger partial charge is 0.326 e. The fourth-order valence-corrected chi connectivity index (χ4v) is 9.27. The van der Waals surface area contributed by atoms with Crippen LogP contribution in [0.5, 0.6) is 0 Å². The average molecular weight is 702 g/mol. The SMILES string of the molecule is CC(C)C[C@H](C(=O)O)N(C)C(=O)[C@H](NC(=O)[C@H](NC(=O)[C@H](NC(=O)[C@H](N)C1CCCCC1)C1CCCCC1)C1CCCCC1)C1CCCCC1. The standard InChI is InChI=1S/C39H67N5O6/c1-25(2)24-30(39(49)50)44(3)38(48)34(29-22-14-7-15-23-29)43-37(47)33(28-20-12-6-13-21-28)42-36(46)32(27-18-10-5-11-19-27)41-35(45)31(40)26-16-8-4-9-17-26/h25-34H,4-24,40H2,1-3H3,(H,41,45)(H,42,46)(H,43,47)(H,49,50)/t30-,31-,32-,33-,34-/m1/s1. The Bertz CT molecular complexity index is 1120. The van der Waals surface area contributed by atoms with E-state index in [0.29, 0.717) is 6.42 Å². The Balaban J connectivity index is 1.57. The van der Waals surface area contributed by atoms with Crippen LogP contribution < -0.4 is 21.7 Å². The largest absolute Gasteiger partial charge is 0.480 e. The van der Waals surface area contributed by atoms with Crippen LogP contribution in [-0.2, 0) is 24.0 Å². The van der Waals surface area contributed by atoms with Gasteiger partial charge in [-0.3, -0.25) is 19.2 Å². The first-order chi connectivity index (χ1) is 24.0. The summed E-state index contributed by atoms with van der Waals surface area (Å²) in [7, 11) is 1.53. The summed E-state index contributed by atoms with van der Waals surface area (Å²) in [5.41, 5.74) is 6.50. The minimum absolute atomic E-state index is 0.0413. The zero-order valence-corrected chi connectivity index (χ0v) is 31.1. The molecule has 4 aliphatic rings. The van der Waals surface area contributed by atoms with E-state index in [1.54, 1.807) is 0 Å². The second-order valence-electron chi connectivity index (χ2n) is 16.5. The van der Waals surface area contributed by atoms with Gasteiger partial charge >= 0.3 is 5.97 Å². The Morgan fingerprint density at radius 2 is 0.920 bits per heavy atom. The summed E-state index contributed by atoms with van der Waals surface area (Å²) in [5.74, 6) is -2.59. The van der Waals surface area contributed by atoms with Crippen molar-refractivity contribution >= 4 is 29.6 Å². The molecule has 11 heteroatoms. The number of likely N-dealkylation sites (N-methyl/N-ethyl adjacent to an activating group) is 1. The monoisotopic (exact) mass is 702 g/mol. The molecule has 0 aliphatic heterocycles. The van der Waals surface area contributed by atoms with Gasteiger partial charge in [0.15, 0.2) is 0 Å². The Hall–Kier alpha value is -2.69. The van der Waals surface area contributed by atoms with Crippen molar-refractivity contribution in [2.45, 2.75) is 179 Å². The molecular formula is C39H67N5O6. The molecule has 5 atom stereocenters. The van der Waals surface area contributed by atoms with Crippen molar-refractivity contribution in [1.29, 1.82) is 0 Å². The van der Waals surface area contributed by atoms with Gasteiger partial charge in [0.05, 0.1) is 6.04 Å². The van der Waals surface area contributed by atoms with Gasteiger partial charge in [-0.25, -0.2) is 4.79 Å². The number of carboxylic acids is 1. The highest BCUT2D eigenvalue weighted by atomic mass is 16.4. The van der Waals surface area contributed by atoms with Crippen molar-refractivity contribution in [1.82, 2.24) is 20.9 Å². The molecule has 11 nitrogen and oxygen atoms in total. The molecule has 4 aliphatic carbocycles. The number of hydrogen-bond acceptors (Lipinski definition) is 6. The fourth-order valence-electron chi connectivity index (χ4n) is 9.27. The van der Waals surface area contributed by atoms with Gasteiger partial charge in [0, 0.05) is 7.05 Å². The van der Waals surface area contributed by atoms with Gasteiger partial charge in [0.1, 0.15) is 24.2 Å². The first-order valence-corrected chi connectivity index (χ1v) is 20.1. The molecule has 6 N–H and O–H groups in total.